The zero-order valence-corrected chi connectivity index (χ0v) is 26.5. The van der Waals surface area contributed by atoms with E-state index < -0.39 is 28.5 Å². The van der Waals surface area contributed by atoms with Crippen LogP contribution in [0.2, 0.25) is 0 Å². The Morgan fingerprint density at radius 1 is 0.844 bits per heavy atom. The Bertz CT molecular complexity index is 1690. The Balaban J connectivity index is 1.46. The van der Waals surface area contributed by atoms with Crippen molar-refractivity contribution in [2.45, 2.75) is 63.1 Å². The van der Waals surface area contributed by atoms with Crippen molar-refractivity contribution >= 4 is 27.5 Å². The van der Waals surface area contributed by atoms with Crippen LogP contribution in [0.25, 0.3) is 0 Å². The number of carbonyl (C=O) groups excluding carboxylic acids is 2. The minimum atomic E-state index is -4.15. The summed E-state index contributed by atoms with van der Waals surface area (Å²) >= 11 is 0. The number of benzene rings is 4. The molecule has 2 amide bonds. The van der Waals surface area contributed by atoms with E-state index in [0.717, 1.165) is 41.1 Å². The third-order valence-electron chi connectivity index (χ3n) is 8.02. The van der Waals surface area contributed by atoms with E-state index in [0.29, 0.717) is 17.2 Å². The molecule has 0 bridgehead atoms. The van der Waals surface area contributed by atoms with Gasteiger partial charge >= 0.3 is 0 Å². The summed E-state index contributed by atoms with van der Waals surface area (Å²) in [5, 5.41) is 3.10. The number of para-hydroxylation sites is 1. The van der Waals surface area contributed by atoms with E-state index in [1.54, 1.807) is 49.4 Å². The molecule has 0 spiro atoms. The van der Waals surface area contributed by atoms with Gasteiger partial charge in [-0.05, 0) is 80.8 Å². The van der Waals surface area contributed by atoms with Gasteiger partial charge in [0.15, 0.2) is 0 Å². The molecule has 8 nitrogen and oxygen atoms in total. The number of ether oxygens (including phenoxy) is 1. The van der Waals surface area contributed by atoms with Crippen molar-refractivity contribution in [2.75, 3.05) is 10.8 Å². The number of nitrogens with zero attached hydrogens (tertiary/aromatic N) is 2. The Labute approximate surface area is 265 Å². The molecule has 5 rings (SSSR count). The van der Waals surface area contributed by atoms with E-state index >= 15 is 0 Å². The van der Waals surface area contributed by atoms with Crippen molar-refractivity contribution in [2.24, 2.45) is 0 Å². The van der Waals surface area contributed by atoms with Gasteiger partial charge in [-0.3, -0.25) is 13.9 Å². The van der Waals surface area contributed by atoms with Crippen molar-refractivity contribution in [3.8, 4) is 11.5 Å². The molecule has 45 heavy (non-hydrogen) atoms. The fourth-order valence-corrected chi connectivity index (χ4v) is 6.97. The zero-order chi connectivity index (χ0) is 31.8. The standard InChI is InChI=1S/C36H39N3O5S/c1-27-12-11-13-29(24-27)25-38(28(2)36(41)37-30-14-9-10-15-30)35(40)26-39(45(42,43)34-18-7-4-8-19-34)31-20-22-33(23-21-31)44-32-16-5-3-6-17-32/h3-8,11-13,16-24,28,30H,9-10,14-15,25-26H2,1-2H3,(H,37,41). The Kier molecular flexibility index (Phi) is 10.2. The minimum Gasteiger partial charge on any atom is -0.457 e. The quantitative estimate of drug-likeness (QED) is 0.195. The molecule has 4 aromatic rings. The molecule has 0 radical (unpaired) electrons. The van der Waals surface area contributed by atoms with Gasteiger partial charge in [0.2, 0.25) is 11.8 Å². The van der Waals surface area contributed by atoms with Gasteiger partial charge < -0.3 is 15.0 Å². The molecule has 4 aromatic carbocycles. The summed E-state index contributed by atoms with van der Waals surface area (Å²) in [7, 11) is -4.15. The summed E-state index contributed by atoms with van der Waals surface area (Å²) in [5.74, 6) is 0.426. The lowest BCUT2D eigenvalue weighted by atomic mass is 10.1. The molecule has 0 aromatic heterocycles. The van der Waals surface area contributed by atoms with Crippen LogP contribution < -0.4 is 14.4 Å². The van der Waals surface area contributed by atoms with Gasteiger partial charge in [0.1, 0.15) is 24.1 Å². The van der Waals surface area contributed by atoms with Crippen molar-refractivity contribution in [3.63, 3.8) is 0 Å². The molecule has 1 fully saturated rings. The van der Waals surface area contributed by atoms with E-state index in [-0.39, 0.29) is 23.4 Å². The second kappa shape index (κ2) is 14.4. The maximum Gasteiger partial charge on any atom is 0.264 e. The first kappa shape index (κ1) is 31.8. The summed E-state index contributed by atoms with van der Waals surface area (Å²) in [6.45, 7) is 3.32. The fourth-order valence-electron chi connectivity index (χ4n) is 5.54. The summed E-state index contributed by atoms with van der Waals surface area (Å²) in [5.41, 5.74) is 2.17. The monoisotopic (exact) mass is 625 g/mol. The number of anilines is 1. The molecule has 0 aliphatic heterocycles. The molecule has 1 N–H and O–H groups in total. The molecule has 1 saturated carbocycles. The number of carbonyl (C=O) groups is 2. The summed E-state index contributed by atoms with van der Waals surface area (Å²) in [6.07, 6.45) is 3.95. The number of hydrogen-bond donors (Lipinski definition) is 1. The van der Waals surface area contributed by atoms with Crippen molar-refractivity contribution in [1.29, 1.82) is 0 Å². The lowest BCUT2D eigenvalue weighted by Gasteiger charge is -2.32. The fraction of sp³-hybridized carbons (Fsp3) is 0.278. The highest BCUT2D eigenvalue weighted by atomic mass is 32.2. The number of rotatable bonds is 12. The highest BCUT2D eigenvalue weighted by molar-refractivity contribution is 7.92. The third-order valence-corrected chi connectivity index (χ3v) is 9.81. The van der Waals surface area contributed by atoms with Crippen LogP contribution in [-0.2, 0) is 26.2 Å². The number of hydrogen-bond acceptors (Lipinski definition) is 5. The molecular weight excluding hydrogens is 586 g/mol. The van der Waals surface area contributed by atoms with Gasteiger partial charge in [0.05, 0.1) is 10.6 Å². The normalized spacial score (nSPS) is 14.0. The van der Waals surface area contributed by atoms with Gasteiger partial charge in [-0.25, -0.2) is 8.42 Å². The molecule has 1 atom stereocenters. The maximum atomic E-state index is 14.2. The van der Waals surface area contributed by atoms with E-state index in [9.17, 15) is 18.0 Å². The third kappa shape index (κ3) is 8.10. The van der Waals surface area contributed by atoms with E-state index in [1.807, 2.05) is 61.5 Å². The Morgan fingerprint density at radius 3 is 2.11 bits per heavy atom. The summed E-state index contributed by atoms with van der Waals surface area (Å²) in [6, 6.07) is 30.9. The molecular formula is C36H39N3O5S. The molecule has 0 saturated heterocycles. The minimum absolute atomic E-state index is 0.0553. The predicted octanol–water partition coefficient (Wildman–Crippen LogP) is 6.46. The second-order valence-corrected chi connectivity index (χ2v) is 13.3. The number of amides is 2. The molecule has 1 aliphatic rings. The SMILES string of the molecule is Cc1cccc(CN(C(=O)CN(c2ccc(Oc3ccccc3)cc2)S(=O)(=O)c2ccccc2)C(C)C(=O)NC2CCCC2)c1. The maximum absolute atomic E-state index is 14.2. The lowest BCUT2D eigenvalue weighted by molar-refractivity contribution is -0.139. The topological polar surface area (TPSA) is 96.0 Å². The van der Waals surface area contributed by atoms with E-state index in [1.165, 1.54) is 17.0 Å². The van der Waals surface area contributed by atoms with Gasteiger partial charge in [-0.2, -0.15) is 0 Å². The van der Waals surface area contributed by atoms with Gasteiger partial charge in [-0.1, -0.05) is 79.1 Å². The smallest absolute Gasteiger partial charge is 0.264 e. The number of nitrogens with one attached hydrogen (secondary N) is 1. The first-order valence-corrected chi connectivity index (χ1v) is 16.7. The largest absolute Gasteiger partial charge is 0.457 e. The predicted molar refractivity (Wildman–Crippen MR) is 176 cm³/mol. The number of aryl methyl sites for hydroxylation is 1. The van der Waals surface area contributed by atoms with Gasteiger partial charge in [0, 0.05) is 12.6 Å². The summed E-state index contributed by atoms with van der Waals surface area (Å²) < 4.78 is 35.1. The van der Waals surface area contributed by atoms with Crippen LogP contribution in [0.5, 0.6) is 11.5 Å². The molecule has 1 unspecified atom stereocenters. The Hall–Kier alpha value is -4.63. The van der Waals surface area contributed by atoms with Crippen molar-refractivity contribution in [3.05, 3.63) is 120 Å². The zero-order valence-electron chi connectivity index (χ0n) is 25.6. The van der Waals surface area contributed by atoms with Crippen molar-refractivity contribution in [1.82, 2.24) is 10.2 Å². The van der Waals surface area contributed by atoms with Crippen molar-refractivity contribution < 1.29 is 22.7 Å². The molecule has 9 heteroatoms. The van der Waals surface area contributed by atoms with E-state index in [2.05, 4.69) is 5.32 Å². The molecule has 0 heterocycles. The number of sulfonamides is 1. The first-order valence-electron chi connectivity index (χ1n) is 15.3. The molecule has 234 valence electrons. The lowest BCUT2D eigenvalue weighted by Crippen LogP contribution is -2.52. The van der Waals surface area contributed by atoms with Crippen LogP contribution in [-0.4, -0.2) is 43.8 Å². The van der Waals surface area contributed by atoms with Crippen LogP contribution in [0.1, 0.15) is 43.7 Å². The van der Waals surface area contributed by atoms with Crippen LogP contribution in [0, 0.1) is 6.92 Å². The van der Waals surface area contributed by atoms with Gasteiger partial charge in [-0.15, -0.1) is 0 Å². The average molecular weight is 626 g/mol. The average Bonchev–Trinajstić information content (AvgIpc) is 3.56. The van der Waals surface area contributed by atoms with Crippen LogP contribution in [0.3, 0.4) is 0 Å². The van der Waals surface area contributed by atoms with E-state index in [4.69, 9.17) is 4.74 Å². The first-order chi connectivity index (χ1) is 21.7. The van der Waals surface area contributed by atoms with Crippen LogP contribution >= 0.6 is 0 Å². The van der Waals surface area contributed by atoms with Crippen LogP contribution in [0.4, 0.5) is 5.69 Å². The highest BCUT2D eigenvalue weighted by Gasteiger charge is 2.33. The highest BCUT2D eigenvalue weighted by Crippen LogP contribution is 2.29. The van der Waals surface area contributed by atoms with Crippen LogP contribution in [0.15, 0.2) is 114 Å². The summed E-state index contributed by atoms with van der Waals surface area (Å²) in [4.78, 5) is 29.1. The van der Waals surface area contributed by atoms with Gasteiger partial charge in [0.25, 0.3) is 10.0 Å². The second-order valence-electron chi connectivity index (χ2n) is 11.4. The Morgan fingerprint density at radius 2 is 1.47 bits per heavy atom. The molecule has 1 aliphatic carbocycles.